The monoisotopic (exact) mass is 430 g/mol. The molecule has 166 valence electrons. The van der Waals surface area contributed by atoms with E-state index in [4.69, 9.17) is 4.74 Å². The minimum atomic E-state index is -0.295. The van der Waals surface area contributed by atoms with Gasteiger partial charge in [0.1, 0.15) is 0 Å². The molecule has 1 N–H and O–H groups in total. The number of imidazole rings is 1. The van der Waals surface area contributed by atoms with Crippen molar-refractivity contribution in [2.24, 2.45) is 17.8 Å². The molecule has 1 saturated heterocycles. The van der Waals surface area contributed by atoms with Gasteiger partial charge in [0, 0.05) is 37.4 Å². The smallest absolute Gasteiger partial charge is 0.414 e. The molecule has 0 spiro atoms. The van der Waals surface area contributed by atoms with Crippen LogP contribution in [0.5, 0.6) is 0 Å². The summed E-state index contributed by atoms with van der Waals surface area (Å²) in [7, 11) is 0. The van der Waals surface area contributed by atoms with Crippen molar-refractivity contribution in [3.05, 3.63) is 84.4 Å². The van der Waals surface area contributed by atoms with E-state index >= 15 is 0 Å². The lowest BCUT2D eigenvalue weighted by atomic mass is 9.85. The second kappa shape index (κ2) is 9.57. The van der Waals surface area contributed by atoms with Crippen LogP contribution in [-0.2, 0) is 17.8 Å². The first-order valence-corrected chi connectivity index (χ1v) is 11.5. The van der Waals surface area contributed by atoms with Gasteiger partial charge in [0.25, 0.3) is 0 Å². The average Bonchev–Trinajstić information content (AvgIpc) is 3.42. The first kappa shape index (κ1) is 20.8. The zero-order chi connectivity index (χ0) is 21.8. The number of piperidine rings is 1. The normalized spacial score (nSPS) is 22.6. The van der Waals surface area contributed by atoms with Crippen molar-refractivity contribution in [3.8, 4) is 0 Å². The summed E-state index contributed by atoms with van der Waals surface area (Å²) in [5.41, 5.74) is 3.07. The third-order valence-electron chi connectivity index (χ3n) is 6.92. The van der Waals surface area contributed by atoms with Crippen molar-refractivity contribution >= 4 is 11.8 Å². The zero-order valence-electron chi connectivity index (χ0n) is 18.3. The summed E-state index contributed by atoms with van der Waals surface area (Å²) in [5, 5.41) is 0. The number of aromatic amines is 1. The predicted octanol–water partition coefficient (Wildman–Crippen LogP) is 4.71. The molecule has 2 aromatic carbocycles. The van der Waals surface area contributed by atoms with E-state index in [1.54, 1.807) is 17.4 Å². The van der Waals surface area contributed by atoms with E-state index in [-0.39, 0.29) is 6.09 Å². The van der Waals surface area contributed by atoms with Crippen LogP contribution in [0.1, 0.15) is 24.1 Å². The highest BCUT2D eigenvalue weighted by atomic mass is 16.6. The van der Waals surface area contributed by atoms with Crippen LogP contribution in [0.4, 0.5) is 10.5 Å². The van der Waals surface area contributed by atoms with E-state index in [0.717, 1.165) is 31.0 Å². The van der Waals surface area contributed by atoms with Gasteiger partial charge in [0.05, 0.1) is 25.2 Å². The molecule has 1 aromatic heterocycles. The Morgan fingerprint density at radius 1 is 1.03 bits per heavy atom. The van der Waals surface area contributed by atoms with Crippen LogP contribution >= 0.6 is 0 Å². The summed E-state index contributed by atoms with van der Waals surface area (Å²) in [6.45, 7) is 4.09. The summed E-state index contributed by atoms with van der Waals surface area (Å²) in [6, 6.07) is 20.4. The van der Waals surface area contributed by atoms with Gasteiger partial charge in [-0.25, -0.2) is 9.78 Å². The molecule has 1 aliphatic heterocycles. The Labute approximate surface area is 189 Å². The van der Waals surface area contributed by atoms with Crippen molar-refractivity contribution in [1.82, 2.24) is 14.9 Å². The van der Waals surface area contributed by atoms with Gasteiger partial charge < -0.3 is 9.72 Å². The number of rotatable bonds is 7. The highest BCUT2D eigenvalue weighted by Crippen LogP contribution is 2.42. The van der Waals surface area contributed by atoms with E-state index in [1.807, 2.05) is 30.3 Å². The lowest BCUT2D eigenvalue weighted by molar-refractivity contribution is 0.0506. The second-order valence-electron chi connectivity index (χ2n) is 9.02. The van der Waals surface area contributed by atoms with Crippen LogP contribution in [-0.4, -0.2) is 40.7 Å². The number of carbonyl (C=O) groups excluding carboxylic acids is 1. The Hall–Kier alpha value is -3.12. The number of ether oxygens (including phenoxy) is 1. The Balaban J connectivity index is 1.20. The molecule has 1 amide bonds. The number of fused-ring (bicyclic) bond motifs is 2. The highest BCUT2D eigenvalue weighted by Gasteiger charge is 2.42. The Bertz CT molecular complexity index is 979. The molecule has 6 nitrogen and oxygen atoms in total. The first-order chi connectivity index (χ1) is 15.8. The molecule has 0 radical (unpaired) electrons. The zero-order valence-corrected chi connectivity index (χ0v) is 18.3. The Kier molecular flexibility index (Phi) is 6.21. The van der Waals surface area contributed by atoms with Gasteiger partial charge in [-0.1, -0.05) is 48.5 Å². The summed E-state index contributed by atoms with van der Waals surface area (Å²) in [5.74, 6) is 1.65. The number of para-hydroxylation sites is 1. The lowest BCUT2D eigenvalue weighted by Gasteiger charge is -2.38. The summed E-state index contributed by atoms with van der Waals surface area (Å²) < 4.78 is 5.92. The number of hydrogen-bond acceptors (Lipinski definition) is 4. The molecular formula is C26H30N4O2. The molecule has 2 heterocycles. The standard InChI is InChI=1S/C26H30N4O2/c31-26(30(17-23-13-27-19-28-23)24-9-5-2-6-10-24)32-18-25-21-11-12-22(25)16-29(15-21)14-20-7-3-1-4-8-20/h1-10,13,19,21-22,25H,11-12,14-18H2,(H,27,28). The molecular weight excluding hydrogens is 400 g/mol. The van der Waals surface area contributed by atoms with Gasteiger partial charge in [-0.05, 0) is 42.4 Å². The number of nitrogens with one attached hydrogen (secondary N) is 1. The van der Waals surface area contributed by atoms with Crippen molar-refractivity contribution < 1.29 is 9.53 Å². The quantitative estimate of drug-likeness (QED) is 0.590. The minimum absolute atomic E-state index is 0.295. The lowest BCUT2D eigenvalue weighted by Crippen LogP contribution is -2.44. The fraction of sp³-hybridized carbons (Fsp3) is 0.385. The van der Waals surface area contributed by atoms with Crippen LogP contribution in [0.2, 0.25) is 0 Å². The fourth-order valence-corrected chi connectivity index (χ4v) is 5.33. The largest absolute Gasteiger partial charge is 0.449 e. The van der Waals surface area contributed by atoms with E-state index in [2.05, 4.69) is 45.2 Å². The molecule has 2 fully saturated rings. The van der Waals surface area contributed by atoms with Crippen LogP contribution in [0, 0.1) is 17.8 Å². The van der Waals surface area contributed by atoms with Gasteiger partial charge in [-0.15, -0.1) is 0 Å². The minimum Gasteiger partial charge on any atom is -0.449 e. The third kappa shape index (κ3) is 4.70. The Morgan fingerprint density at radius 3 is 2.38 bits per heavy atom. The van der Waals surface area contributed by atoms with Crippen LogP contribution in [0.3, 0.4) is 0 Å². The molecule has 2 atom stereocenters. The summed E-state index contributed by atoms with van der Waals surface area (Å²) in [6.07, 6.45) is 5.54. The van der Waals surface area contributed by atoms with Crippen LogP contribution in [0.15, 0.2) is 73.2 Å². The van der Waals surface area contributed by atoms with E-state index in [1.165, 1.54) is 18.4 Å². The van der Waals surface area contributed by atoms with Crippen molar-refractivity contribution in [2.75, 3.05) is 24.6 Å². The topological polar surface area (TPSA) is 61.5 Å². The van der Waals surface area contributed by atoms with E-state index in [9.17, 15) is 4.79 Å². The van der Waals surface area contributed by atoms with E-state index < -0.39 is 0 Å². The molecule has 6 heteroatoms. The number of likely N-dealkylation sites (tertiary alicyclic amines) is 1. The maximum atomic E-state index is 13.1. The van der Waals surface area contributed by atoms with E-state index in [0.29, 0.717) is 30.9 Å². The van der Waals surface area contributed by atoms with Crippen LogP contribution in [0.25, 0.3) is 0 Å². The molecule has 1 aliphatic carbocycles. The number of hydrogen-bond donors (Lipinski definition) is 1. The summed E-state index contributed by atoms with van der Waals surface area (Å²) in [4.78, 5) is 24.5. The number of benzene rings is 2. The number of amides is 1. The van der Waals surface area contributed by atoms with Crippen molar-refractivity contribution in [1.29, 1.82) is 0 Å². The van der Waals surface area contributed by atoms with Crippen LogP contribution < -0.4 is 4.90 Å². The maximum Gasteiger partial charge on any atom is 0.414 e. The van der Waals surface area contributed by atoms with Gasteiger partial charge in [-0.2, -0.15) is 0 Å². The van der Waals surface area contributed by atoms with Gasteiger partial charge >= 0.3 is 6.09 Å². The molecule has 2 bridgehead atoms. The summed E-state index contributed by atoms with van der Waals surface area (Å²) >= 11 is 0. The van der Waals surface area contributed by atoms with Gasteiger partial charge in [0.2, 0.25) is 0 Å². The maximum absolute atomic E-state index is 13.1. The SMILES string of the molecule is O=C(OCC1C2CCC1CN(Cc1ccccc1)C2)N(Cc1cnc[nH]1)c1ccccc1. The Morgan fingerprint density at radius 2 is 1.72 bits per heavy atom. The fourth-order valence-electron chi connectivity index (χ4n) is 5.33. The first-order valence-electron chi connectivity index (χ1n) is 11.5. The highest BCUT2D eigenvalue weighted by molar-refractivity contribution is 5.87. The molecule has 3 aromatic rings. The number of nitrogens with zero attached hydrogens (tertiary/aromatic N) is 3. The molecule has 32 heavy (non-hydrogen) atoms. The number of aromatic nitrogens is 2. The molecule has 5 rings (SSSR count). The predicted molar refractivity (Wildman–Crippen MR) is 124 cm³/mol. The number of H-pyrrole nitrogens is 1. The third-order valence-corrected chi connectivity index (χ3v) is 6.92. The second-order valence-corrected chi connectivity index (χ2v) is 9.02. The van der Waals surface area contributed by atoms with Gasteiger partial charge in [0.15, 0.2) is 0 Å². The number of anilines is 1. The van der Waals surface area contributed by atoms with Crippen molar-refractivity contribution in [2.45, 2.75) is 25.9 Å². The van der Waals surface area contributed by atoms with Gasteiger partial charge in [-0.3, -0.25) is 9.80 Å². The molecule has 2 unspecified atom stereocenters. The number of carbonyl (C=O) groups is 1. The average molecular weight is 431 g/mol. The molecule has 2 aliphatic rings. The van der Waals surface area contributed by atoms with Crippen molar-refractivity contribution in [3.63, 3.8) is 0 Å². The molecule has 1 saturated carbocycles.